The number of hydrogen-bond donors (Lipinski definition) is 3. The smallest absolute Gasteiger partial charge is 0.330 e. The summed E-state index contributed by atoms with van der Waals surface area (Å²) in [6.07, 6.45) is 3.32. The van der Waals surface area contributed by atoms with Gasteiger partial charge < -0.3 is 20.7 Å². The number of ether oxygens (including phenoxy) is 1. The van der Waals surface area contributed by atoms with Gasteiger partial charge in [0.05, 0.1) is 11.5 Å². The van der Waals surface area contributed by atoms with E-state index in [0.717, 1.165) is 12.8 Å². The summed E-state index contributed by atoms with van der Waals surface area (Å²) in [5.41, 5.74) is -1.26. The van der Waals surface area contributed by atoms with E-state index in [2.05, 4.69) is 16.0 Å². The van der Waals surface area contributed by atoms with Crippen LogP contribution < -0.4 is 16.0 Å². The molecule has 3 N–H and O–H groups in total. The molecule has 2 amide bonds. The highest BCUT2D eigenvalue weighted by molar-refractivity contribution is 8.76. The van der Waals surface area contributed by atoms with Gasteiger partial charge in [0, 0.05) is 18.1 Å². The third-order valence-electron chi connectivity index (χ3n) is 4.86. The molecule has 0 radical (unpaired) electrons. The first-order valence-corrected chi connectivity index (χ1v) is 11.9. The molecule has 7 nitrogen and oxygen atoms in total. The highest BCUT2D eigenvalue weighted by Crippen LogP contribution is 2.38. The zero-order valence-corrected chi connectivity index (χ0v) is 18.2. The van der Waals surface area contributed by atoms with Gasteiger partial charge in [-0.3, -0.25) is 9.59 Å². The lowest BCUT2D eigenvalue weighted by Crippen LogP contribution is -2.55. The van der Waals surface area contributed by atoms with Crippen molar-refractivity contribution in [3.8, 4) is 0 Å². The molecule has 2 rings (SSSR count). The Balaban J connectivity index is 2.19. The van der Waals surface area contributed by atoms with Gasteiger partial charge in [-0.1, -0.05) is 34.4 Å². The Labute approximate surface area is 169 Å². The molecule has 9 heteroatoms. The standard InChI is InChI=1S/C18H31N3O4S2/c1-17(2,3)25-15(23)13-10-27-26-9-12(19-4)14(22)20-11-18(16(24)21-13)7-5-6-8-18/h12-13,19H,5-11H2,1-4H3,(H,20,22)(H,21,24)/t12?,13-/m1/s1. The number of hydrogen-bond acceptors (Lipinski definition) is 7. The van der Waals surface area contributed by atoms with Crippen LogP contribution in [0.25, 0.3) is 0 Å². The van der Waals surface area contributed by atoms with E-state index in [9.17, 15) is 14.4 Å². The SMILES string of the molecule is CNC1CSSC[C@H](C(=O)OC(C)(C)C)NC(=O)C2(CCCC2)CNC1=O. The van der Waals surface area contributed by atoms with Crippen LogP contribution in [0.2, 0.25) is 0 Å². The Morgan fingerprint density at radius 3 is 2.41 bits per heavy atom. The summed E-state index contributed by atoms with van der Waals surface area (Å²) in [6, 6.07) is -1.03. The van der Waals surface area contributed by atoms with E-state index in [4.69, 9.17) is 4.74 Å². The average Bonchev–Trinajstić information content (AvgIpc) is 3.06. The van der Waals surface area contributed by atoms with E-state index in [-0.39, 0.29) is 17.9 Å². The van der Waals surface area contributed by atoms with E-state index < -0.39 is 23.0 Å². The number of carbonyl (C=O) groups excluding carboxylic acids is 3. The van der Waals surface area contributed by atoms with Crippen LogP contribution in [0.5, 0.6) is 0 Å². The number of rotatable bonds is 2. The predicted molar refractivity (Wildman–Crippen MR) is 109 cm³/mol. The summed E-state index contributed by atoms with van der Waals surface area (Å²) in [4.78, 5) is 38.1. The van der Waals surface area contributed by atoms with Crippen molar-refractivity contribution >= 4 is 39.4 Å². The highest BCUT2D eigenvalue weighted by atomic mass is 33.1. The van der Waals surface area contributed by atoms with Crippen LogP contribution in [0.1, 0.15) is 46.5 Å². The summed E-state index contributed by atoms with van der Waals surface area (Å²) in [6.45, 7) is 5.75. The lowest BCUT2D eigenvalue weighted by atomic mass is 9.84. The van der Waals surface area contributed by atoms with Gasteiger partial charge in [0.25, 0.3) is 0 Å². The van der Waals surface area contributed by atoms with Gasteiger partial charge >= 0.3 is 5.97 Å². The van der Waals surface area contributed by atoms with Gasteiger partial charge in [-0.2, -0.15) is 0 Å². The second-order valence-corrected chi connectivity index (χ2v) is 10.7. The lowest BCUT2D eigenvalue weighted by molar-refractivity contribution is -0.158. The van der Waals surface area contributed by atoms with Crippen molar-refractivity contribution in [1.82, 2.24) is 16.0 Å². The average molecular weight is 418 g/mol. The Bertz CT molecular complexity index is 559. The third-order valence-corrected chi connectivity index (χ3v) is 7.28. The fourth-order valence-corrected chi connectivity index (χ4v) is 5.69. The normalized spacial score (nSPS) is 27.3. The molecule has 1 unspecified atom stereocenters. The maximum atomic E-state index is 13.1. The molecule has 1 aliphatic heterocycles. The number of nitrogens with one attached hydrogen (secondary N) is 3. The number of likely N-dealkylation sites (N-methyl/N-ethyl adjacent to an activating group) is 1. The van der Waals surface area contributed by atoms with Crippen LogP contribution in [0, 0.1) is 5.41 Å². The first kappa shape index (κ1) is 22.4. The fourth-order valence-electron chi connectivity index (χ4n) is 3.29. The topological polar surface area (TPSA) is 96.5 Å². The summed E-state index contributed by atoms with van der Waals surface area (Å²) < 4.78 is 5.50. The van der Waals surface area contributed by atoms with Crippen molar-refractivity contribution in [3.05, 3.63) is 0 Å². The number of carbonyl (C=O) groups is 3. The monoisotopic (exact) mass is 417 g/mol. The fraction of sp³-hybridized carbons (Fsp3) is 0.833. The highest BCUT2D eigenvalue weighted by Gasteiger charge is 2.43. The Morgan fingerprint density at radius 1 is 1.19 bits per heavy atom. The molecule has 2 atom stereocenters. The predicted octanol–water partition coefficient (Wildman–Crippen LogP) is 1.47. The van der Waals surface area contributed by atoms with Gasteiger partial charge in [-0.25, -0.2) is 4.79 Å². The van der Waals surface area contributed by atoms with Gasteiger partial charge in [-0.15, -0.1) is 0 Å². The summed E-state index contributed by atoms with van der Waals surface area (Å²) >= 11 is 0. The lowest BCUT2D eigenvalue weighted by Gasteiger charge is -2.32. The van der Waals surface area contributed by atoms with Crippen molar-refractivity contribution in [3.63, 3.8) is 0 Å². The first-order valence-electron chi connectivity index (χ1n) is 9.40. The zero-order chi connectivity index (χ0) is 20.1. The van der Waals surface area contributed by atoms with E-state index in [1.165, 1.54) is 21.6 Å². The first-order chi connectivity index (χ1) is 12.7. The van der Waals surface area contributed by atoms with Crippen molar-refractivity contribution in [2.24, 2.45) is 5.41 Å². The molecule has 0 bridgehead atoms. The van der Waals surface area contributed by atoms with Crippen LogP contribution in [-0.2, 0) is 19.1 Å². The molecule has 2 fully saturated rings. The van der Waals surface area contributed by atoms with E-state index in [1.54, 1.807) is 7.05 Å². The maximum absolute atomic E-state index is 13.1. The summed E-state index contributed by atoms with van der Waals surface area (Å²) in [7, 11) is 4.72. The van der Waals surface area contributed by atoms with Crippen molar-refractivity contribution in [2.75, 3.05) is 25.1 Å². The molecule has 1 heterocycles. The number of amides is 2. The molecule has 0 aromatic rings. The molecular formula is C18H31N3O4S2. The van der Waals surface area contributed by atoms with Gasteiger partial charge in [-0.05, 0) is 40.7 Å². The minimum Gasteiger partial charge on any atom is -0.458 e. The molecule has 0 aromatic heterocycles. The van der Waals surface area contributed by atoms with E-state index >= 15 is 0 Å². The van der Waals surface area contributed by atoms with Crippen LogP contribution >= 0.6 is 21.6 Å². The minimum absolute atomic E-state index is 0.0889. The van der Waals surface area contributed by atoms with Crippen LogP contribution in [0.15, 0.2) is 0 Å². The second-order valence-electron chi connectivity index (χ2n) is 8.18. The van der Waals surface area contributed by atoms with Crippen molar-refractivity contribution in [1.29, 1.82) is 0 Å². The minimum atomic E-state index is -0.699. The molecule has 154 valence electrons. The van der Waals surface area contributed by atoms with Crippen molar-refractivity contribution in [2.45, 2.75) is 64.1 Å². The molecule has 0 aromatic carbocycles. The Kier molecular flexibility index (Phi) is 7.88. The number of esters is 1. The second kappa shape index (κ2) is 9.52. The van der Waals surface area contributed by atoms with E-state index in [1.807, 2.05) is 20.8 Å². The molecule has 1 saturated carbocycles. The molecule has 1 spiro atoms. The molecule has 2 aliphatic rings. The maximum Gasteiger partial charge on any atom is 0.330 e. The molecule has 1 aliphatic carbocycles. The third kappa shape index (κ3) is 6.29. The Hall–Kier alpha value is -0.930. The quantitative estimate of drug-likeness (QED) is 0.462. The van der Waals surface area contributed by atoms with Crippen molar-refractivity contribution < 1.29 is 19.1 Å². The molecular weight excluding hydrogens is 386 g/mol. The zero-order valence-electron chi connectivity index (χ0n) is 16.6. The van der Waals surface area contributed by atoms with Crippen LogP contribution in [0.3, 0.4) is 0 Å². The summed E-state index contributed by atoms with van der Waals surface area (Å²) in [5.74, 6) is 0.315. The van der Waals surface area contributed by atoms with Gasteiger partial charge in [0.1, 0.15) is 11.6 Å². The van der Waals surface area contributed by atoms with Gasteiger partial charge in [0.2, 0.25) is 11.8 Å². The Morgan fingerprint density at radius 2 is 1.81 bits per heavy atom. The summed E-state index contributed by atoms with van der Waals surface area (Å²) in [5, 5.41) is 8.88. The molecule has 1 saturated heterocycles. The molecule has 27 heavy (non-hydrogen) atoms. The van der Waals surface area contributed by atoms with Crippen LogP contribution in [-0.4, -0.2) is 60.6 Å². The van der Waals surface area contributed by atoms with E-state index in [0.29, 0.717) is 30.9 Å². The van der Waals surface area contributed by atoms with Gasteiger partial charge in [0.15, 0.2) is 0 Å². The largest absolute Gasteiger partial charge is 0.458 e. The van der Waals surface area contributed by atoms with Crippen LogP contribution in [0.4, 0.5) is 0 Å².